The maximum Gasteiger partial charge on any atom is 0.277 e. The molecule has 10 nitrogen and oxygen atoms in total. The molecule has 3 aromatic rings. The summed E-state index contributed by atoms with van der Waals surface area (Å²) in [6.07, 6.45) is 0.438. The van der Waals surface area contributed by atoms with E-state index in [1.165, 1.54) is 4.68 Å². The molecule has 0 saturated carbocycles. The third kappa shape index (κ3) is 3.67. The van der Waals surface area contributed by atoms with Crippen LogP contribution < -0.4 is 25.6 Å². The maximum atomic E-state index is 13.6. The Morgan fingerprint density at radius 3 is 2.24 bits per heavy atom. The van der Waals surface area contributed by atoms with E-state index in [4.69, 9.17) is 10.5 Å². The highest BCUT2D eigenvalue weighted by atomic mass is 16.5. The Labute approximate surface area is 195 Å². The molecular weight excluding hydrogens is 436 g/mol. The van der Waals surface area contributed by atoms with Crippen molar-refractivity contribution in [3.05, 3.63) is 65.5 Å². The minimum Gasteiger partial charge on any atom is -0.497 e. The van der Waals surface area contributed by atoms with E-state index in [1.807, 2.05) is 24.3 Å². The monoisotopic (exact) mass is 460 g/mol. The fourth-order valence-electron chi connectivity index (χ4n) is 4.41. The van der Waals surface area contributed by atoms with Crippen molar-refractivity contribution < 1.29 is 19.1 Å². The molecule has 0 spiro atoms. The lowest BCUT2D eigenvalue weighted by atomic mass is 10.0. The van der Waals surface area contributed by atoms with Crippen molar-refractivity contribution in [3.63, 3.8) is 0 Å². The van der Waals surface area contributed by atoms with E-state index >= 15 is 0 Å². The number of anilines is 2. The highest BCUT2D eigenvalue weighted by Gasteiger charge is 2.34. The van der Waals surface area contributed by atoms with Gasteiger partial charge >= 0.3 is 0 Å². The number of aromatic nitrogens is 2. The first-order valence-electron chi connectivity index (χ1n) is 11.0. The molecule has 1 fully saturated rings. The molecule has 3 N–H and O–H groups in total. The van der Waals surface area contributed by atoms with Crippen molar-refractivity contribution in [2.45, 2.75) is 6.42 Å². The molecule has 0 aliphatic carbocycles. The molecule has 3 heterocycles. The molecule has 5 rings (SSSR count). The van der Waals surface area contributed by atoms with Crippen LogP contribution in [0.5, 0.6) is 5.75 Å². The molecule has 1 aromatic heterocycles. The summed E-state index contributed by atoms with van der Waals surface area (Å²) >= 11 is 0. The van der Waals surface area contributed by atoms with E-state index in [1.54, 1.807) is 41.2 Å². The van der Waals surface area contributed by atoms with E-state index in [9.17, 15) is 14.4 Å². The molecule has 174 valence electrons. The number of nitrogens with two attached hydrogens (primary N) is 1. The fourth-order valence-corrected chi connectivity index (χ4v) is 4.41. The predicted octanol–water partition coefficient (Wildman–Crippen LogP) is 1.12. The van der Waals surface area contributed by atoms with Crippen LogP contribution >= 0.6 is 0 Å². The number of nitrogens with zero attached hydrogens (tertiary/aromatic N) is 4. The van der Waals surface area contributed by atoms with Crippen LogP contribution in [0.25, 0.3) is 5.69 Å². The van der Waals surface area contributed by atoms with Crippen LogP contribution in [-0.4, -0.2) is 60.8 Å². The number of hydrogen-bond donors (Lipinski definition) is 2. The summed E-state index contributed by atoms with van der Waals surface area (Å²) in [5.41, 5.74) is 8.64. The number of primary amides is 1. The van der Waals surface area contributed by atoms with E-state index in [0.717, 1.165) is 12.2 Å². The van der Waals surface area contributed by atoms with Gasteiger partial charge in [0.1, 0.15) is 11.4 Å². The minimum absolute atomic E-state index is 0.0139. The van der Waals surface area contributed by atoms with Gasteiger partial charge in [0, 0.05) is 36.6 Å². The Kier molecular flexibility index (Phi) is 5.50. The average Bonchev–Trinajstić information content (AvgIpc) is 3.26. The van der Waals surface area contributed by atoms with Gasteiger partial charge in [0.15, 0.2) is 5.69 Å². The van der Waals surface area contributed by atoms with Gasteiger partial charge in [0.05, 0.1) is 19.3 Å². The van der Waals surface area contributed by atoms with Crippen LogP contribution in [0.4, 0.5) is 11.4 Å². The molecule has 0 unspecified atom stereocenters. The number of ether oxygens (including phenoxy) is 1. The largest absolute Gasteiger partial charge is 0.497 e. The van der Waals surface area contributed by atoms with Gasteiger partial charge in [-0.15, -0.1) is 0 Å². The molecule has 0 radical (unpaired) electrons. The van der Waals surface area contributed by atoms with E-state index in [2.05, 4.69) is 10.4 Å². The third-order valence-corrected chi connectivity index (χ3v) is 6.13. The molecule has 1 saturated heterocycles. The number of methoxy groups -OCH3 is 1. The molecule has 3 amide bonds. The van der Waals surface area contributed by atoms with Crippen LogP contribution in [0.2, 0.25) is 0 Å². The Balaban J connectivity index is 1.49. The third-order valence-electron chi connectivity index (χ3n) is 6.13. The lowest BCUT2D eigenvalue weighted by Crippen LogP contribution is -2.48. The quantitative estimate of drug-likeness (QED) is 0.588. The number of rotatable bonds is 5. The van der Waals surface area contributed by atoms with E-state index < -0.39 is 5.91 Å². The summed E-state index contributed by atoms with van der Waals surface area (Å²) in [6.45, 7) is 2.03. The van der Waals surface area contributed by atoms with Crippen LogP contribution in [0.15, 0.2) is 48.5 Å². The number of nitrogens with one attached hydrogen (secondary N) is 1. The van der Waals surface area contributed by atoms with Crippen molar-refractivity contribution in [3.8, 4) is 11.4 Å². The van der Waals surface area contributed by atoms with Gasteiger partial charge in [-0.2, -0.15) is 5.10 Å². The highest BCUT2D eigenvalue weighted by molar-refractivity contribution is 6.09. The zero-order chi connectivity index (χ0) is 23.8. The summed E-state index contributed by atoms with van der Waals surface area (Å²) in [5.74, 6) is -0.270. The summed E-state index contributed by atoms with van der Waals surface area (Å²) in [5, 5.41) is 7.44. The summed E-state index contributed by atoms with van der Waals surface area (Å²) in [7, 11) is 1.57. The number of carbonyl (C=O) groups is 3. The lowest BCUT2D eigenvalue weighted by molar-refractivity contribution is -0.118. The normalized spacial score (nSPS) is 15.9. The number of piperazine rings is 1. The summed E-state index contributed by atoms with van der Waals surface area (Å²) in [6, 6.07) is 14.4. The average molecular weight is 460 g/mol. The Bertz CT molecular complexity index is 1270. The van der Waals surface area contributed by atoms with Gasteiger partial charge in [-0.05, 0) is 55.0 Å². The van der Waals surface area contributed by atoms with Crippen molar-refractivity contribution in [2.75, 3.05) is 43.1 Å². The van der Waals surface area contributed by atoms with Gasteiger partial charge in [0.25, 0.3) is 11.8 Å². The Morgan fingerprint density at radius 2 is 1.62 bits per heavy atom. The van der Waals surface area contributed by atoms with E-state index in [0.29, 0.717) is 54.4 Å². The van der Waals surface area contributed by atoms with Crippen LogP contribution in [-0.2, 0) is 11.2 Å². The second-order valence-electron chi connectivity index (χ2n) is 8.10. The van der Waals surface area contributed by atoms with Gasteiger partial charge in [-0.3, -0.25) is 14.4 Å². The van der Waals surface area contributed by atoms with Crippen molar-refractivity contribution in [1.82, 2.24) is 15.1 Å². The second-order valence-corrected chi connectivity index (χ2v) is 8.10. The van der Waals surface area contributed by atoms with Gasteiger partial charge in [-0.1, -0.05) is 0 Å². The van der Waals surface area contributed by atoms with Crippen LogP contribution in [0.3, 0.4) is 0 Å². The van der Waals surface area contributed by atoms with Gasteiger partial charge in [-0.25, -0.2) is 4.68 Å². The number of amides is 3. The van der Waals surface area contributed by atoms with Crippen LogP contribution in [0, 0.1) is 0 Å². The van der Waals surface area contributed by atoms with Crippen molar-refractivity contribution >= 4 is 29.1 Å². The predicted molar refractivity (Wildman–Crippen MR) is 126 cm³/mol. The van der Waals surface area contributed by atoms with Crippen molar-refractivity contribution in [2.24, 2.45) is 5.73 Å². The van der Waals surface area contributed by atoms with Crippen LogP contribution in [0.1, 0.15) is 26.5 Å². The molecular formula is C24H24N6O4. The molecule has 2 aliphatic rings. The molecule has 0 bridgehead atoms. The summed E-state index contributed by atoms with van der Waals surface area (Å²) < 4.78 is 6.68. The maximum absolute atomic E-state index is 13.6. The van der Waals surface area contributed by atoms with Crippen molar-refractivity contribution in [1.29, 1.82) is 0 Å². The number of carbonyl (C=O) groups excluding carboxylic acids is 3. The SMILES string of the molecule is COc1ccc(-n2nc(C(N)=O)c3c2C(=O)N(c2ccc(N4CCNCC4=O)cc2)CC3)cc1. The first-order chi connectivity index (χ1) is 16.5. The Hall–Kier alpha value is -4.18. The smallest absolute Gasteiger partial charge is 0.277 e. The Morgan fingerprint density at radius 1 is 0.971 bits per heavy atom. The second kappa shape index (κ2) is 8.64. The molecule has 10 heteroatoms. The number of benzene rings is 2. The summed E-state index contributed by atoms with van der Waals surface area (Å²) in [4.78, 5) is 41.2. The first-order valence-corrected chi connectivity index (χ1v) is 11.0. The zero-order valence-corrected chi connectivity index (χ0v) is 18.7. The van der Waals surface area contributed by atoms with E-state index in [-0.39, 0.29) is 17.5 Å². The van der Waals surface area contributed by atoms with Gasteiger partial charge in [0.2, 0.25) is 5.91 Å². The molecule has 2 aliphatic heterocycles. The topological polar surface area (TPSA) is 123 Å². The molecule has 2 aromatic carbocycles. The molecule has 0 atom stereocenters. The minimum atomic E-state index is -0.671. The highest BCUT2D eigenvalue weighted by Crippen LogP contribution is 2.30. The standard InChI is InChI=1S/C24H24N6O4/c1-34-18-8-6-17(7-9-18)30-22-19(21(27-30)23(25)32)10-12-29(24(22)33)16-4-2-15(3-5-16)28-13-11-26-14-20(28)31/h2-9,26H,10-14H2,1H3,(H2,25,32). The fraction of sp³-hybridized carbons (Fsp3) is 0.250. The number of fused-ring (bicyclic) bond motifs is 1. The zero-order valence-electron chi connectivity index (χ0n) is 18.7. The lowest BCUT2D eigenvalue weighted by Gasteiger charge is -2.30. The first kappa shape index (κ1) is 21.7. The van der Waals surface area contributed by atoms with Gasteiger partial charge < -0.3 is 25.6 Å². The number of hydrogen-bond acceptors (Lipinski definition) is 6. The molecule has 34 heavy (non-hydrogen) atoms.